The van der Waals surface area contributed by atoms with Gasteiger partial charge in [-0.2, -0.15) is 5.10 Å². The molecule has 138 valence electrons. The number of carbonyl (C=O) groups is 1. The Morgan fingerprint density at radius 2 is 1.78 bits per heavy atom. The minimum Gasteiger partial charge on any atom is -0.324 e. The number of hydrogen-bond donors (Lipinski definition) is 1. The van der Waals surface area contributed by atoms with E-state index in [0.29, 0.717) is 27.9 Å². The zero-order chi connectivity index (χ0) is 19.4. The van der Waals surface area contributed by atoms with Crippen LogP contribution in [0.25, 0.3) is 11.3 Å². The molecule has 0 aliphatic heterocycles. The molecule has 0 saturated carbocycles. The van der Waals surface area contributed by atoms with Crippen molar-refractivity contribution < 1.29 is 4.79 Å². The van der Waals surface area contributed by atoms with Crippen molar-refractivity contribution in [1.82, 2.24) is 9.78 Å². The molecule has 1 N–H and O–H groups in total. The summed E-state index contributed by atoms with van der Waals surface area (Å²) >= 11 is 6.19. The standard InChI is InChI=1S/C21H20ClN3O2/c1-14(2)15-7-9-16(10-8-15)23-20(26)13-25-21(27)12-11-19(24-25)17-5-3-4-6-18(17)22/h3-12,14H,13H2,1-2H3,(H,23,26). The first-order valence-corrected chi connectivity index (χ1v) is 9.04. The van der Waals surface area contributed by atoms with Crippen molar-refractivity contribution in [3.8, 4) is 11.3 Å². The van der Waals surface area contributed by atoms with E-state index in [1.54, 1.807) is 12.1 Å². The summed E-state index contributed by atoms with van der Waals surface area (Å²) in [5.41, 5.74) is 2.76. The highest BCUT2D eigenvalue weighted by Crippen LogP contribution is 2.24. The van der Waals surface area contributed by atoms with Crippen LogP contribution in [-0.2, 0) is 11.3 Å². The Morgan fingerprint density at radius 1 is 1.07 bits per heavy atom. The van der Waals surface area contributed by atoms with Gasteiger partial charge in [-0.15, -0.1) is 0 Å². The van der Waals surface area contributed by atoms with Crippen LogP contribution in [-0.4, -0.2) is 15.7 Å². The maximum absolute atomic E-state index is 12.3. The van der Waals surface area contributed by atoms with Gasteiger partial charge in [0.25, 0.3) is 5.56 Å². The number of anilines is 1. The zero-order valence-corrected chi connectivity index (χ0v) is 15.9. The normalized spacial score (nSPS) is 10.8. The third-order valence-corrected chi connectivity index (χ3v) is 4.50. The number of halogens is 1. The number of amides is 1. The molecule has 0 spiro atoms. The van der Waals surface area contributed by atoms with Crippen molar-refractivity contribution in [2.24, 2.45) is 0 Å². The second-order valence-corrected chi connectivity index (χ2v) is 6.93. The van der Waals surface area contributed by atoms with Crippen LogP contribution in [0.2, 0.25) is 5.02 Å². The summed E-state index contributed by atoms with van der Waals surface area (Å²) in [7, 11) is 0. The molecule has 3 aromatic rings. The molecule has 0 atom stereocenters. The topological polar surface area (TPSA) is 64.0 Å². The van der Waals surface area contributed by atoms with Crippen molar-refractivity contribution in [2.75, 3.05) is 5.32 Å². The van der Waals surface area contributed by atoms with E-state index >= 15 is 0 Å². The highest BCUT2D eigenvalue weighted by molar-refractivity contribution is 6.33. The molecule has 3 rings (SSSR count). The molecule has 0 radical (unpaired) electrons. The summed E-state index contributed by atoms with van der Waals surface area (Å²) in [6.07, 6.45) is 0. The van der Waals surface area contributed by atoms with Gasteiger partial charge in [-0.1, -0.05) is 55.8 Å². The molecule has 0 bridgehead atoms. The van der Waals surface area contributed by atoms with E-state index in [1.165, 1.54) is 11.6 Å². The van der Waals surface area contributed by atoms with Crippen LogP contribution < -0.4 is 10.9 Å². The Balaban J connectivity index is 1.77. The van der Waals surface area contributed by atoms with E-state index in [-0.39, 0.29) is 18.0 Å². The molecule has 5 nitrogen and oxygen atoms in total. The van der Waals surface area contributed by atoms with Gasteiger partial charge in [0.15, 0.2) is 0 Å². The highest BCUT2D eigenvalue weighted by Gasteiger charge is 2.10. The molecule has 1 aromatic heterocycles. The number of benzene rings is 2. The Bertz CT molecular complexity index is 1010. The Labute approximate surface area is 162 Å². The van der Waals surface area contributed by atoms with Gasteiger partial charge in [0.05, 0.1) is 10.7 Å². The fourth-order valence-electron chi connectivity index (χ4n) is 2.66. The number of nitrogens with zero attached hydrogens (tertiary/aromatic N) is 2. The van der Waals surface area contributed by atoms with E-state index in [9.17, 15) is 9.59 Å². The fraction of sp³-hybridized carbons (Fsp3) is 0.190. The first kappa shape index (κ1) is 18.9. The largest absolute Gasteiger partial charge is 0.324 e. The molecule has 1 amide bonds. The molecule has 0 fully saturated rings. The molecule has 6 heteroatoms. The van der Waals surface area contributed by atoms with Crippen molar-refractivity contribution >= 4 is 23.2 Å². The fourth-order valence-corrected chi connectivity index (χ4v) is 2.90. The predicted molar refractivity (Wildman–Crippen MR) is 108 cm³/mol. The van der Waals surface area contributed by atoms with Gasteiger partial charge in [0.2, 0.25) is 5.91 Å². The van der Waals surface area contributed by atoms with Crippen molar-refractivity contribution in [3.63, 3.8) is 0 Å². The second kappa shape index (κ2) is 8.18. The number of nitrogens with one attached hydrogen (secondary N) is 1. The van der Waals surface area contributed by atoms with Crippen LogP contribution in [0, 0.1) is 0 Å². The van der Waals surface area contributed by atoms with E-state index in [1.807, 2.05) is 42.5 Å². The van der Waals surface area contributed by atoms with E-state index < -0.39 is 0 Å². The summed E-state index contributed by atoms with van der Waals surface area (Å²) in [6, 6.07) is 17.9. The Morgan fingerprint density at radius 3 is 2.44 bits per heavy atom. The maximum atomic E-state index is 12.3. The monoisotopic (exact) mass is 381 g/mol. The first-order valence-electron chi connectivity index (χ1n) is 8.67. The molecule has 0 saturated heterocycles. The van der Waals surface area contributed by atoms with Gasteiger partial charge in [0.1, 0.15) is 6.54 Å². The van der Waals surface area contributed by atoms with Crippen LogP contribution in [0.15, 0.2) is 65.5 Å². The molecule has 0 aliphatic rings. The molecule has 1 heterocycles. The van der Waals surface area contributed by atoms with Crippen LogP contribution in [0.1, 0.15) is 25.3 Å². The minimum atomic E-state index is -0.351. The van der Waals surface area contributed by atoms with Gasteiger partial charge in [0, 0.05) is 17.3 Å². The van der Waals surface area contributed by atoms with Gasteiger partial charge in [-0.25, -0.2) is 4.68 Å². The molecule has 0 aliphatic carbocycles. The predicted octanol–water partition coefficient (Wildman–Crippen LogP) is 4.33. The average molecular weight is 382 g/mol. The van der Waals surface area contributed by atoms with E-state index in [0.717, 1.165) is 4.68 Å². The van der Waals surface area contributed by atoms with Gasteiger partial charge >= 0.3 is 0 Å². The number of hydrogen-bond acceptors (Lipinski definition) is 3. The average Bonchev–Trinajstić information content (AvgIpc) is 2.64. The lowest BCUT2D eigenvalue weighted by Crippen LogP contribution is -2.29. The summed E-state index contributed by atoms with van der Waals surface area (Å²) in [4.78, 5) is 24.4. The number of aromatic nitrogens is 2. The van der Waals surface area contributed by atoms with E-state index in [2.05, 4.69) is 24.3 Å². The smallest absolute Gasteiger partial charge is 0.267 e. The zero-order valence-electron chi connectivity index (χ0n) is 15.1. The van der Waals surface area contributed by atoms with Gasteiger partial charge in [-0.3, -0.25) is 9.59 Å². The summed E-state index contributed by atoms with van der Waals surface area (Å²) < 4.78 is 1.14. The van der Waals surface area contributed by atoms with Gasteiger partial charge in [-0.05, 0) is 35.7 Å². The number of carbonyl (C=O) groups excluding carboxylic acids is 1. The summed E-state index contributed by atoms with van der Waals surface area (Å²) in [5, 5.41) is 7.60. The third kappa shape index (κ3) is 4.63. The summed E-state index contributed by atoms with van der Waals surface area (Å²) in [6.45, 7) is 4.04. The van der Waals surface area contributed by atoms with Crippen LogP contribution >= 0.6 is 11.6 Å². The quantitative estimate of drug-likeness (QED) is 0.715. The third-order valence-electron chi connectivity index (χ3n) is 4.17. The van der Waals surface area contributed by atoms with Crippen molar-refractivity contribution in [3.05, 3.63) is 81.6 Å². The molecule has 2 aromatic carbocycles. The Hall–Kier alpha value is -2.92. The molecular formula is C21H20ClN3O2. The second-order valence-electron chi connectivity index (χ2n) is 6.52. The van der Waals surface area contributed by atoms with Gasteiger partial charge < -0.3 is 5.32 Å². The lowest BCUT2D eigenvalue weighted by molar-refractivity contribution is -0.117. The Kier molecular flexibility index (Phi) is 5.72. The SMILES string of the molecule is CC(C)c1ccc(NC(=O)Cn2nc(-c3ccccc3Cl)ccc2=O)cc1. The maximum Gasteiger partial charge on any atom is 0.267 e. The van der Waals surface area contributed by atoms with Crippen molar-refractivity contribution in [1.29, 1.82) is 0 Å². The van der Waals surface area contributed by atoms with E-state index in [4.69, 9.17) is 11.6 Å². The first-order chi connectivity index (χ1) is 12.9. The van der Waals surface area contributed by atoms with Crippen LogP contribution in [0.5, 0.6) is 0 Å². The lowest BCUT2D eigenvalue weighted by atomic mass is 10.0. The van der Waals surface area contributed by atoms with Crippen LogP contribution in [0.4, 0.5) is 5.69 Å². The molecular weight excluding hydrogens is 362 g/mol. The molecule has 27 heavy (non-hydrogen) atoms. The number of rotatable bonds is 5. The lowest BCUT2D eigenvalue weighted by Gasteiger charge is -2.10. The van der Waals surface area contributed by atoms with Crippen molar-refractivity contribution in [2.45, 2.75) is 26.3 Å². The summed E-state index contributed by atoms with van der Waals surface area (Å²) in [5.74, 6) is 0.100. The molecule has 0 unspecified atom stereocenters. The van der Waals surface area contributed by atoms with Crippen LogP contribution in [0.3, 0.4) is 0 Å². The minimum absolute atomic E-state index is 0.178. The highest BCUT2D eigenvalue weighted by atomic mass is 35.5.